The topological polar surface area (TPSA) is 15.3 Å². The molecule has 1 heterocycles. The molecule has 0 amide bonds. The van der Waals surface area contributed by atoms with Crippen molar-refractivity contribution in [2.24, 2.45) is 11.8 Å². The summed E-state index contributed by atoms with van der Waals surface area (Å²) in [6.45, 7) is 6.41. The minimum Gasteiger partial charge on any atom is -0.314 e. The molecule has 3 aliphatic rings. The van der Waals surface area contributed by atoms with Gasteiger partial charge in [0, 0.05) is 12.1 Å². The average Bonchev–Trinajstić information content (AvgIpc) is 3.16. The van der Waals surface area contributed by atoms with E-state index >= 15 is 0 Å². The van der Waals surface area contributed by atoms with E-state index in [-0.39, 0.29) is 0 Å². The maximum Gasteiger partial charge on any atom is 0.00915 e. The van der Waals surface area contributed by atoms with Crippen LogP contribution >= 0.6 is 0 Å². The van der Waals surface area contributed by atoms with Crippen LogP contribution in [0.1, 0.15) is 58.3 Å². The Hall–Kier alpha value is -0.0800. The molecule has 1 atom stereocenters. The van der Waals surface area contributed by atoms with E-state index in [1.165, 1.54) is 71.0 Å². The third kappa shape index (κ3) is 3.48. The highest BCUT2D eigenvalue weighted by Gasteiger charge is 2.27. The molecule has 2 aliphatic carbocycles. The molecule has 1 saturated heterocycles. The number of piperidine rings is 1. The second-order valence-electron chi connectivity index (χ2n) is 7.04. The van der Waals surface area contributed by atoms with Crippen LogP contribution < -0.4 is 5.32 Å². The summed E-state index contributed by atoms with van der Waals surface area (Å²) >= 11 is 0. The Balaban J connectivity index is 1.33. The van der Waals surface area contributed by atoms with Gasteiger partial charge in [-0.1, -0.05) is 19.3 Å². The molecular weight excluding hydrogens is 220 g/mol. The number of likely N-dealkylation sites (tertiary alicyclic amines) is 1. The molecule has 2 nitrogen and oxygen atoms in total. The highest BCUT2D eigenvalue weighted by atomic mass is 15.2. The lowest BCUT2D eigenvalue weighted by atomic mass is 9.80. The van der Waals surface area contributed by atoms with E-state index in [1.807, 2.05) is 0 Å². The van der Waals surface area contributed by atoms with E-state index < -0.39 is 0 Å². The molecule has 0 aromatic heterocycles. The minimum absolute atomic E-state index is 0.817. The fourth-order valence-electron chi connectivity index (χ4n) is 3.56. The van der Waals surface area contributed by atoms with Crippen LogP contribution in [0.5, 0.6) is 0 Å². The van der Waals surface area contributed by atoms with E-state index in [0.29, 0.717) is 0 Å². The van der Waals surface area contributed by atoms with Gasteiger partial charge in [0.15, 0.2) is 0 Å². The molecule has 3 rings (SSSR count). The summed E-state index contributed by atoms with van der Waals surface area (Å²) in [4.78, 5) is 2.74. The van der Waals surface area contributed by atoms with Crippen LogP contribution in [-0.4, -0.2) is 36.6 Å². The lowest BCUT2D eigenvalue weighted by molar-refractivity contribution is 0.119. The van der Waals surface area contributed by atoms with Gasteiger partial charge in [-0.3, -0.25) is 0 Å². The van der Waals surface area contributed by atoms with E-state index in [4.69, 9.17) is 0 Å². The Labute approximate surface area is 113 Å². The van der Waals surface area contributed by atoms with Gasteiger partial charge in [0.25, 0.3) is 0 Å². The van der Waals surface area contributed by atoms with Crippen molar-refractivity contribution in [1.82, 2.24) is 10.2 Å². The summed E-state index contributed by atoms with van der Waals surface area (Å²) in [7, 11) is 0. The molecule has 0 aromatic rings. The summed E-state index contributed by atoms with van der Waals surface area (Å²) in [5, 5.41) is 3.78. The van der Waals surface area contributed by atoms with Crippen molar-refractivity contribution < 1.29 is 0 Å². The van der Waals surface area contributed by atoms with Crippen LogP contribution in [0.4, 0.5) is 0 Å². The molecule has 0 radical (unpaired) electrons. The molecule has 3 fully saturated rings. The summed E-state index contributed by atoms with van der Waals surface area (Å²) in [6, 6.07) is 1.65. The summed E-state index contributed by atoms with van der Waals surface area (Å²) < 4.78 is 0. The van der Waals surface area contributed by atoms with Gasteiger partial charge in [-0.25, -0.2) is 0 Å². The zero-order valence-electron chi connectivity index (χ0n) is 12.0. The Morgan fingerprint density at radius 1 is 1.00 bits per heavy atom. The molecule has 2 saturated carbocycles. The van der Waals surface area contributed by atoms with E-state index in [1.54, 1.807) is 0 Å². The summed E-state index contributed by atoms with van der Waals surface area (Å²) in [6.07, 6.45) is 11.7. The first-order valence-electron chi connectivity index (χ1n) is 8.28. The largest absolute Gasteiger partial charge is 0.314 e. The lowest BCUT2D eigenvalue weighted by Crippen LogP contribution is -2.46. The first-order valence-corrected chi connectivity index (χ1v) is 8.28. The molecule has 1 unspecified atom stereocenters. The zero-order chi connectivity index (χ0) is 12.4. The van der Waals surface area contributed by atoms with Gasteiger partial charge in [0.05, 0.1) is 0 Å². The van der Waals surface area contributed by atoms with Crippen molar-refractivity contribution in [3.8, 4) is 0 Å². The molecule has 0 aromatic carbocycles. The summed E-state index contributed by atoms with van der Waals surface area (Å²) in [5.41, 5.74) is 0. The van der Waals surface area contributed by atoms with Crippen molar-refractivity contribution >= 4 is 0 Å². The van der Waals surface area contributed by atoms with Crippen molar-refractivity contribution in [2.75, 3.05) is 19.6 Å². The maximum absolute atomic E-state index is 3.78. The molecule has 0 bridgehead atoms. The van der Waals surface area contributed by atoms with Crippen LogP contribution in [0.25, 0.3) is 0 Å². The molecule has 18 heavy (non-hydrogen) atoms. The van der Waals surface area contributed by atoms with Crippen LogP contribution in [0.3, 0.4) is 0 Å². The lowest BCUT2D eigenvalue weighted by Gasteiger charge is -2.39. The van der Waals surface area contributed by atoms with Gasteiger partial charge in [0.1, 0.15) is 0 Å². The van der Waals surface area contributed by atoms with E-state index in [9.17, 15) is 0 Å². The van der Waals surface area contributed by atoms with Gasteiger partial charge >= 0.3 is 0 Å². The van der Waals surface area contributed by atoms with Gasteiger partial charge in [0.2, 0.25) is 0 Å². The number of hydrogen-bond acceptors (Lipinski definition) is 2. The Morgan fingerprint density at radius 2 is 1.72 bits per heavy atom. The average molecular weight is 250 g/mol. The second kappa shape index (κ2) is 5.92. The van der Waals surface area contributed by atoms with Gasteiger partial charge < -0.3 is 10.2 Å². The van der Waals surface area contributed by atoms with Crippen LogP contribution in [0.2, 0.25) is 0 Å². The minimum atomic E-state index is 0.817. The maximum atomic E-state index is 3.78. The third-order valence-corrected chi connectivity index (χ3v) is 5.44. The Bertz CT molecular complexity index is 250. The Morgan fingerprint density at radius 3 is 2.28 bits per heavy atom. The monoisotopic (exact) mass is 250 g/mol. The van der Waals surface area contributed by atoms with Crippen molar-refractivity contribution in [3.05, 3.63) is 0 Å². The highest BCUT2D eigenvalue weighted by molar-refractivity contribution is 4.84. The number of rotatable bonds is 6. The molecule has 1 aliphatic heterocycles. The molecule has 1 N–H and O–H groups in total. The third-order valence-electron chi connectivity index (χ3n) is 5.44. The fraction of sp³-hybridized carbons (Fsp3) is 1.00. The second-order valence-corrected chi connectivity index (χ2v) is 7.04. The standard InChI is InChI=1S/C16H30N2/c1-13(11-14-3-2-4-14)18-9-7-16(8-10-18)17-12-15-5-6-15/h13-17H,2-12H2,1H3. The molecule has 0 spiro atoms. The van der Waals surface area contributed by atoms with Crippen molar-refractivity contribution in [1.29, 1.82) is 0 Å². The zero-order valence-corrected chi connectivity index (χ0v) is 12.0. The normalized spacial score (nSPS) is 29.2. The van der Waals surface area contributed by atoms with Gasteiger partial charge in [-0.05, 0) is 70.5 Å². The predicted molar refractivity (Wildman–Crippen MR) is 76.7 cm³/mol. The number of nitrogens with one attached hydrogen (secondary N) is 1. The fourth-order valence-corrected chi connectivity index (χ4v) is 3.56. The highest BCUT2D eigenvalue weighted by Crippen LogP contribution is 2.32. The quantitative estimate of drug-likeness (QED) is 0.779. The molecule has 104 valence electrons. The van der Waals surface area contributed by atoms with Crippen LogP contribution in [-0.2, 0) is 0 Å². The predicted octanol–water partition coefficient (Wildman–Crippen LogP) is 3.03. The smallest absolute Gasteiger partial charge is 0.00915 e. The molecular formula is C16H30N2. The van der Waals surface area contributed by atoms with Gasteiger partial charge in [-0.2, -0.15) is 0 Å². The van der Waals surface area contributed by atoms with Crippen molar-refractivity contribution in [2.45, 2.75) is 70.4 Å². The summed E-state index contributed by atoms with van der Waals surface area (Å²) in [5.74, 6) is 2.09. The van der Waals surface area contributed by atoms with E-state index in [0.717, 1.165) is 23.9 Å². The number of nitrogens with zero attached hydrogens (tertiary/aromatic N) is 1. The molecule has 2 heteroatoms. The first-order chi connectivity index (χ1) is 8.81. The number of hydrogen-bond donors (Lipinski definition) is 1. The van der Waals surface area contributed by atoms with Gasteiger partial charge in [-0.15, -0.1) is 0 Å². The van der Waals surface area contributed by atoms with Crippen molar-refractivity contribution in [3.63, 3.8) is 0 Å². The Kier molecular flexibility index (Phi) is 4.25. The van der Waals surface area contributed by atoms with E-state index in [2.05, 4.69) is 17.1 Å². The van der Waals surface area contributed by atoms with Crippen LogP contribution in [0, 0.1) is 11.8 Å². The SMILES string of the molecule is CC(CC1CCC1)N1CCC(NCC2CC2)CC1. The first kappa shape index (κ1) is 12.9. The van der Waals surface area contributed by atoms with Crippen LogP contribution in [0.15, 0.2) is 0 Å².